The molecule has 1 heterocycles. The predicted molar refractivity (Wildman–Crippen MR) is 60.2 cm³/mol. The first-order chi connectivity index (χ1) is 7.41. The normalized spacial score (nSPS) is 16.4. The molecule has 0 bridgehead atoms. The third-order valence-electron chi connectivity index (χ3n) is 3.02. The van der Waals surface area contributed by atoms with Crippen LogP contribution >= 0.6 is 0 Å². The number of hydrogen-bond acceptors (Lipinski definition) is 2. The SMILES string of the molecule is CC(C)(CCC(=O)O)CCN1CCNC1=O. The molecule has 16 heavy (non-hydrogen) atoms. The first-order valence-electron chi connectivity index (χ1n) is 5.65. The molecule has 0 spiro atoms. The zero-order valence-electron chi connectivity index (χ0n) is 9.95. The predicted octanol–water partition coefficient (Wildman–Crippen LogP) is 1.29. The van der Waals surface area contributed by atoms with Crippen LogP contribution in [-0.4, -0.2) is 41.6 Å². The molecule has 1 aliphatic heterocycles. The van der Waals surface area contributed by atoms with E-state index < -0.39 is 5.97 Å². The Morgan fingerprint density at radius 1 is 1.50 bits per heavy atom. The fourth-order valence-electron chi connectivity index (χ4n) is 1.73. The van der Waals surface area contributed by atoms with Crippen LogP contribution in [0.1, 0.15) is 33.1 Å². The topological polar surface area (TPSA) is 69.6 Å². The summed E-state index contributed by atoms with van der Waals surface area (Å²) in [6.45, 7) is 6.27. The molecule has 5 nitrogen and oxygen atoms in total. The van der Waals surface area contributed by atoms with Crippen LogP contribution in [0.5, 0.6) is 0 Å². The molecule has 0 radical (unpaired) electrons. The Morgan fingerprint density at radius 3 is 2.69 bits per heavy atom. The summed E-state index contributed by atoms with van der Waals surface area (Å²) in [6.07, 6.45) is 1.69. The molecule has 5 heteroatoms. The number of urea groups is 1. The van der Waals surface area contributed by atoms with Gasteiger partial charge in [0.1, 0.15) is 0 Å². The molecule has 2 N–H and O–H groups in total. The average Bonchev–Trinajstić information content (AvgIpc) is 2.59. The van der Waals surface area contributed by atoms with Gasteiger partial charge in [-0.15, -0.1) is 0 Å². The summed E-state index contributed by atoms with van der Waals surface area (Å²) in [4.78, 5) is 23.5. The van der Waals surface area contributed by atoms with Crippen molar-refractivity contribution in [2.24, 2.45) is 5.41 Å². The number of nitrogens with zero attached hydrogens (tertiary/aromatic N) is 1. The van der Waals surface area contributed by atoms with Crippen LogP contribution in [0.4, 0.5) is 4.79 Å². The van der Waals surface area contributed by atoms with E-state index in [2.05, 4.69) is 5.32 Å². The van der Waals surface area contributed by atoms with Gasteiger partial charge in [-0.1, -0.05) is 13.8 Å². The summed E-state index contributed by atoms with van der Waals surface area (Å²) in [5, 5.41) is 11.4. The molecule has 1 fully saturated rings. The standard InChI is InChI=1S/C11H20N2O3/c1-11(2,4-3-9(14)15)5-7-13-8-6-12-10(13)16/h3-8H2,1-2H3,(H,12,16)(H,14,15). The van der Waals surface area contributed by atoms with E-state index in [0.29, 0.717) is 19.5 Å². The van der Waals surface area contributed by atoms with E-state index in [4.69, 9.17) is 5.11 Å². The third kappa shape index (κ3) is 4.08. The fourth-order valence-corrected chi connectivity index (χ4v) is 1.73. The summed E-state index contributed by atoms with van der Waals surface area (Å²) >= 11 is 0. The van der Waals surface area contributed by atoms with Crippen LogP contribution < -0.4 is 5.32 Å². The second-order valence-corrected chi connectivity index (χ2v) is 5.03. The van der Waals surface area contributed by atoms with Gasteiger partial charge in [-0.2, -0.15) is 0 Å². The van der Waals surface area contributed by atoms with Gasteiger partial charge in [-0.3, -0.25) is 4.79 Å². The first-order valence-corrected chi connectivity index (χ1v) is 5.65. The number of rotatable bonds is 6. The van der Waals surface area contributed by atoms with Crippen LogP contribution in [0.25, 0.3) is 0 Å². The van der Waals surface area contributed by atoms with Gasteiger partial charge in [0.05, 0.1) is 0 Å². The van der Waals surface area contributed by atoms with E-state index in [0.717, 1.165) is 13.0 Å². The number of amides is 2. The van der Waals surface area contributed by atoms with Crippen molar-refractivity contribution < 1.29 is 14.7 Å². The molecule has 1 aliphatic rings. The van der Waals surface area contributed by atoms with Crippen LogP contribution in [0.15, 0.2) is 0 Å². The van der Waals surface area contributed by atoms with Gasteiger partial charge in [-0.25, -0.2) is 4.79 Å². The van der Waals surface area contributed by atoms with Gasteiger partial charge in [0.25, 0.3) is 0 Å². The van der Waals surface area contributed by atoms with E-state index in [1.807, 2.05) is 13.8 Å². The van der Waals surface area contributed by atoms with Gasteiger partial charge < -0.3 is 15.3 Å². The Morgan fingerprint density at radius 2 is 2.19 bits per heavy atom. The Labute approximate surface area is 95.8 Å². The molecule has 0 aromatic rings. The highest BCUT2D eigenvalue weighted by atomic mass is 16.4. The highest BCUT2D eigenvalue weighted by Gasteiger charge is 2.24. The Hall–Kier alpha value is -1.26. The zero-order valence-corrected chi connectivity index (χ0v) is 9.95. The van der Waals surface area contributed by atoms with Crippen molar-refractivity contribution >= 4 is 12.0 Å². The van der Waals surface area contributed by atoms with E-state index in [1.54, 1.807) is 4.90 Å². The van der Waals surface area contributed by atoms with Gasteiger partial charge in [0, 0.05) is 26.1 Å². The van der Waals surface area contributed by atoms with Gasteiger partial charge in [0.15, 0.2) is 0 Å². The summed E-state index contributed by atoms with van der Waals surface area (Å²) in [6, 6.07) is -0.00552. The van der Waals surface area contributed by atoms with Crippen LogP contribution in [-0.2, 0) is 4.79 Å². The molecule has 0 aliphatic carbocycles. The Balaban J connectivity index is 2.29. The van der Waals surface area contributed by atoms with Gasteiger partial charge >= 0.3 is 12.0 Å². The molecule has 1 rings (SSSR count). The smallest absolute Gasteiger partial charge is 0.317 e. The van der Waals surface area contributed by atoms with Crippen molar-refractivity contribution in [3.05, 3.63) is 0 Å². The van der Waals surface area contributed by atoms with Gasteiger partial charge in [0.2, 0.25) is 0 Å². The largest absolute Gasteiger partial charge is 0.481 e. The fraction of sp³-hybridized carbons (Fsp3) is 0.818. The second-order valence-electron chi connectivity index (χ2n) is 5.03. The lowest BCUT2D eigenvalue weighted by atomic mass is 9.84. The highest BCUT2D eigenvalue weighted by molar-refractivity contribution is 5.76. The first kappa shape index (κ1) is 12.8. The molecule has 0 atom stereocenters. The van der Waals surface area contributed by atoms with Crippen LogP contribution in [0.2, 0.25) is 0 Å². The molecular formula is C11H20N2O3. The van der Waals surface area contributed by atoms with Crippen molar-refractivity contribution in [2.75, 3.05) is 19.6 Å². The lowest BCUT2D eigenvalue weighted by Crippen LogP contribution is -2.31. The summed E-state index contributed by atoms with van der Waals surface area (Å²) in [5.74, 6) is -0.757. The van der Waals surface area contributed by atoms with Crippen LogP contribution in [0, 0.1) is 5.41 Å². The molecule has 2 amide bonds. The minimum Gasteiger partial charge on any atom is -0.481 e. The van der Waals surface area contributed by atoms with E-state index in [-0.39, 0.29) is 17.9 Å². The maximum atomic E-state index is 11.3. The number of nitrogens with one attached hydrogen (secondary N) is 1. The van der Waals surface area contributed by atoms with Crippen molar-refractivity contribution in [3.63, 3.8) is 0 Å². The molecule has 0 aromatic carbocycles. The molecule has 0 aromatic heterocycles. The highest BCUT2D eigenvalue weighted by Crippen LogP contribution is 2.27. The van der Waals surface area contributed by atoms with Gasteiger partial charge in [-0.05, 0) is 18.3 Å². The second kappa shape index (κ2) is 5.18. The van der Waals surface area contributed by atoms with E-state index in [1.165, 1.54) is 0 Å². The summed E-state index contributed by atoms with van der Waals surface area (Å²) in [5.41, 5.74) is -0.0265. The Kier molecular flexibility index (Phi) is 4.15. The number of aliphatic carboxylic acids is 1. The summed E-state index contributed by atoms with van der Waals surface area (Å²) < 4.78 is 0. The van der Waals surface area contributed by atoms with Crippen molar-refractivity contribution in [1.29, 1.82) is 0 Å². The Bertz CT molecular complexity index is 276. The molecule has 0 unspecified atom stereocenters. The van der Waals surface area contributed by atoms with Crippen molar-refractivity contribution in [1.82, 2.24) is 10.2 Å². The number of carbonyl (C=O) groups excluding carboxylic acids is 1. The molecule has 0 saturated carbocycles. The average molecular weight is 228 g/mol. The van der Waals surface area contributed by atoms with Crippen molar-refractivity contribution in [3.8, 4) is 0 Å². The number of carbonyl (C=O) groups is 2. The summed E-state index contributed by atoms with van der Waals surface area (Å²) in [7, 11) is 0. The number of carboxylic acid groups (broad SMARTS) is 1. The monoisotopic (exact) mass is 228 g/mol. The zero-order chi connectivity index (χ0) is 12.2. The maximum absolute atomic E-state index is 11.3. The minimum absolute atomic E-state index is 0.00552. The lowest BCUT2D eigenvalue weighted by Gasteiger charge is -2.26. The van der Waals surface area contributed by atoms with Crippen molar-refractivity contribution in [2.45, 2.75) is 33.1 Å². The molecular weight excluding hydrogens is 208 g/mol. The van der Waals surface area contributed by atoms with E-state index in [9.17, 15) is 9.59 Å². The molecule has 1 saturated heterocycles. The lowest BCUT2D eigenvalue weighted by molar-refractivity contribution is -0.137. The van der Waals surface area contributed by atoms with E-state index >= 15 is 0 Å². The number of hydrogen-bond donors (Lipinski definition) is 2. The maximum Gasteiger partial charge on any atom is 0.317 e. The number of carboxylic acids is 1. The minimum atomic E-state index is -0.757. The quantitative estimate of drug-likeness (QED) is 0.719. The molecule has 92 valence electrons. The third-order valence-corrected chi connectivity index (χ3v) is 3.02. The van der Waals surface area contributed by atoms with Crippen LogP contribution in [0.3, 0.4) is 0 Å².